The van der Waals surface area contributed by atoms with Gasteiger partial charge in [0.05, 0.1) is 22.5 Å². The lowest BCUT2D eigenvalue weighted by molar-refractivity contribution is 0.0840. The van der Waals surface area contributed by atoms with Crippen molar-refractivity contribution in [3.8, 4) is 0 Å². The highest BCUT2D eigenvalue weighted by Crippen LogP contribution is 2.31. The molecule has 0 aliphatic carbocycles. The Morgan fingerprint density at radius 1 is 1.43 bits per heavy atom. The van der Waals surface area contributed by atoms with E-state index in [-0.39, 0.29) is 5.92 Å². The summed E-state index contributed by atoms with van der Waals surface area (Å²) < 4.78 is 2.59. The highest BCUT2D eigenvalue weighted by atomic mass is 79.9. The molecule has 3 nitrogen and oxygen atoms in total. The molecule has 0 fully saturated rings. The first-order valence-corrected chi connectivity index (χ1v) is 5.60. The van der Waals surface area contributed by atoms with Crippen molar-refractivity contribution in [2.45, 2.75) is 26.9 Å². The van der Waals surface area contributed by atoms with Gasteiger partial charge in [0, 0.05) is 7.05 Å². The summed E-state index contributed by atoms with van der Waals surface area (Å²) in [4.78, 5) is 0. The third-order valence-electron chi connectivity index (χ3n) is 2.77. The lowest BCUT2D eigenvalue weighted by Gasteiger charge is -2.22. The fraction of sp³-hybridized carbons (Fsp3) is 0.700. The van der Waals surface area contributed by atoms with Crippen LogP contribution in [-0.4, -0.2) is 14.9 Å². The van der Waals surface area contributed by atoms with Crippen LogP contribution >= 0.6 is 15.9 Å². The number of hydrogen-bond acceptors (Lipinski definition) is 2. The SMILES string of the molecule is CC(C)C(C)C(O)c1c(Br)cnn1C. The quantitative estimate of drug-likeness (QED) is 0.907. The van der Waals surface area contributed by atoms with Crippen LogP contribution in [0.5, 0.6) is 0 Å². The maximum absolute atomic E-state index is 10.1. The van der Waals surface area contributed by atoms with Gasteiger partial charge in [-0.25, -0.2) is 0 Å². The Morgan fingerprint density at radius 3 is 2.36 bits per heavy atom. The Kier molecular flexibility index (Phi) is 3.72. The summed E-state index contributed by atoms with van der Waals surface area (Å²) in [7, 11) is 1.84. The van der Waals surface area contributed by atoms with Gasteiger partial charge in [0.1, 0.15) is 0 Å². The van der Waals surface area contributed by atoms with E-state index in [9.17, 15) is 5.11 Å². The fourth-order valence-electron chi connectivity index (χ4n) is 1.37. The molecule has 0 bridgehead atoms. The topological polar surface area (TPSA) is 38.1 Å². The maximum atomic E-state index is 10.1. The van der Waals surface area contributed by atoms with Gasteiger partial charge >= 0.3 is 0 Å². The molecule has 14 heavy (non-hydrogen) atoms. The zero-order valence-electron chi connectivity index (χ0n) is 9.03. The molecule has 1 aromatic heterocycles. The molecule has 0 spiro atoms. The first kappa shape index (κ1) is 11.7. The number of aliphatic hydroxyl groups is 1. The van der Waals surface area contributed by atoms with Crippen LogP contribution in [0.15, 0.2) is 10.7 Å². The second-order valence-corrected chi connectivity index (χ2v) is 4.90. The minimum Gasteiger partial charge on any atom is -0.386 e. The molecule has 0 radical (unpaired) electrons. The van der Waals surface area contributed by atoms with Crippen LogP contribution in [0.4, 0.5) is 0 Å². The molecular weight excluding hydrogens is 244 g/mol. The molecule has 2 atom stereocenters. The normalized spacial score (nSPS) is 15.9. The summed E-state index contributed by atoms with van der Waals surface area (Å²) in [6, 6.07) is 0. The number of aryl methyl sites for hydroxylation is 1. The molecule has 0 aliphatic rings. The molecule has 1 rings (SSSR count). The van der Waals surface area contributed by atoms with Crippen molar-refractivity contribution in [3.63, 3.8) is 0 Å². The summed E-state index contributed by atoms with van der Waals surface area (Å²) in [5.74, 6) is 0.675. The van der Waals surface area contributed by atoms with Crippen molar-refractivity contribution in [2.75, 3.05) is 0 Å². The minimum atomic E-state index is -0.461. The zero-order chi connectivity index (χ0) is 10.9. The predicted octanol–water partition coefficient (Wildman–Crippen LogP) is 2.51. The van der Waals surface area contributed by atoms with E-state index in [2.05, 4.69) is 41.8 Å². The summed E-state index contributed by atoms with van der Waals surface area (Å²) in [6.07, 6.45) is 1.25. The number of nitrogens with zero attached hydrogens (tertiary/aromatic N) is 2. The fourth-order valence-corrected chi connectivity index (χ4v) is 1.95. The van der Waals surface area contributed by atoms with Crippen molar-refractivity contribution in [1.82, 2.24) is 9.78 Å². The van der Waals surface area contributed by atoms with E-state index in [0.717, 1.165) is 10.2 Å². The van der Waals surface area contributed by atoms with E-state index in [1.807, 2.05) is 7.05 Å². The van der Waals surface area contributed by atoms with Crippen molar-refractivity contribution in [3.05, 3.63) is 16.4 Å². The Balaban J connectivity index is 2.94. The molecule has 80 valence electrons. The number of aromatic nitrogens is 2. The molecule has 1 aromatic rings. The molecule has 2 unspecified atom stereocenters. The van der Waals surface area contributed by atoms with E-state index < -0.39 is 6.10 Å². The monoisotopic (exact) mass is 260 g/mol. The van der Waals surface area contributed by atoms with Gasteiger partial charge in [0.2, 0.25) is 0 Å². The van der Waals surface area contributed by atoms with Gasteiger partial charge in [-0.1, -0.05) is 20.8 Å². The first-order chi connectivity index (χ1) is 6.45. The number of rotatable bonds is 3. The maximum Gasteiger partial charge on any atom is 0.0995 e. The summed E-state index contributed by atoms with van der Waals surface area (Å²) in [5.41, 5.74) is 0.853. The Morgan fingerprint density at radius 2 is 2.00 bits per heavy atom. The average molecular weight is 261 g/mol. The van der Waals surface area contributed by atoms with Crippen molar-refractivity contribution in [2.24, 2.45) is 18.9 Å². The van der Waals surface area contributed by atoms with Crippen LogP contribution in [0.25, 0.3) is 0 Å². The smallest absolute Gasteiger partial charge is 0.0995 e. The van der Waals surface area contributed by atoms with Gasteiger partial charge in [-0.3, -0.25) is 4.68 Å². The van der Waals surface area contributed by atoms with Crippen LogP contribution in [-0.2, 0) is 7.05 Å². The molecule has 1 N–H and O–H groups in total. The lowest BCUT2D eigenvalue weighted by Crippen LogP contribution is -2.18. The molecule has 0 saturated carbocycles. The van der Waals surface area contributed by atoms with E-state index in [0.29, 0.717) is 5.92 Å². The van der Waals surface area contributed by atoms with E-state index in [4.69, 9.17) is 0 Å². The molecule has 0 amide bonds. The molecule has 0 aromatic carbocycles. The van der Waals surface area contributed by atoms with Gasteiger partial charge in [0.15, 0.2) is 0 Å². The second-order valence-electron chi connectivity index (χ2n) is 4.05. The third kappa shape index (κ3) is 2.17. The van der Waals surface area contributed by atoms with Crippen LogP contribution < -0.4 is 0 Å². The zero-order valence-corrected chi connectivity index (χ0v) is 10.6. The van der Waals surface area contributed by atoms with Crippen LogP contribution in [0, 0.1) is 11.8 Å². The largest absolute Gasteiger partial charge is 0.386 e. The van der Waals surface area contributed by atoms with Gasteiger partial charge in [0.25, 0.3) is 0 Å². The van der Waals surface area contributed by atoms with E-state index in [1.54, 1.807) is 10.9 Å². The molecule has 0 aliphatic heterocycles. The number of aliphatic hydroxyl groups excluding tert-OH is 1. The number of halogens is 1. The van der Waals surface area contributed by atoms with Crippen LogP contribution in [0.2, 0.25) is 0 Å². The van der Waals surface area contributed by atoms with Crippen LogP contribution in [0.3, 0.4) is 0 Å². The molecule has 0 saturated heterocycles. The highest BCUT2D eigenvalue weighted by Gasteiger charge is 2.24. The van der Waals surface area contributed by atoms with Crippen molar-refractivity contribution >= 4 is 15.9 Å². The Hall–Kier alpha value is -0.350. The Bertz CT molecular complexity index is 290. The van der Waals surface area contributed by atoms with Gasteiger partial charge in [-0.15, -0.1) is 0 Å². The van der Waals surface area contributed by atoms with E-state index >= 15 is 0 Å². The van der Waals surface area contributed by atoms with Crippen LogP contribution in [0.1, 0.15) is 32.6 Å². The first-order valence-electron chi connectivity index (χ1n) is 4.80. The van der Waals surface area contributed by atoms with Gasteiger partial charge in [-0.2, -0.15) is 5.10 Å². The third-order valence-corrected chi connectivity index (χ3v) is 3.38. The Labute approximate surface area is 93.3 Å². The molecule has 1 heterocycles. The standard InChI is InChI=1S/C10H17BrN2O/c1-6(2)7(3)10(14)9-8(11)5-12-13(9)4/h5-7,10,14H,1-4H3. The van der Waals surface area contributed by atoms with Crippen molar-refractivity contribution in [1.29, 1.82) is 0 Å². The second kappa shape index (κ2) is 4.45. The molecule has 4 heteroatoms. The average Bonchev–Trinajstić information content (AvgIpc) is 2.44. The van der Waals surface area contributed by atoms with E-state index in [1.165, 1.54) is 0 Å². The minimum absolute atomic E-state index is 0.224. The highest BCUT2D eigenvalue weighted by molar-refractivity contribution is 9.10. The predicted molar refractivity (Wildman–Crippen MR) is 59.9 cm³/mol. The van der Waals surface area contributed by atoms with Gasteiger partial charge in [-0.05, 0) is 27.8 Å². The summed E-state index contributed by atoms with van der Waals surface area (Å²) in [6.45, 7) is 6.27. The number of hydrogen-bond donors (Lipinski definition) is 1. The van der Waals surface area contributed by atoms with Crippen molar-refractivity contribution < 1.29 is 5.11 Å². The molecular formula is C10H17BrN2O. The summed E-state index contributed by atoms with van der Waals surface area (Å²) >= 11 is 3.39. The lowest BCUT2D eigenvalue weighted by atomic mass is 9.90. The van der Waals surface area contributed by atoms with Gasteiger partial charge < -0.3 is 5.11 Å². The summed E-state index contributed by atoms with van der Waals surface area (Å²) in [5, 5.41) is 14.2.